The van der Waals surface area contributed by atoms with Gasteiger partial charge in [0, 0.05) is 5.92 Å². The van der Waals surface area contributed by atoms with Crippen LogP contribution in [0, 0.1) is 6.92 Å². The summed E-state index contributed by atoms with van der Waals surface area (Å²) in [4.78, 5) is 11.3. The number of hydrogen-bond donors (Lipinski definition) is 2. The summed E-state index contributed by atoms with van der Waals surface area (Å²) in [5, 5.41) is 27.0. The van der Waals surface area contributed by atoms with Gasteiger partial charge in [0.2, 0.25) is 0 Å². The number of carboxylic acids is 1. The van der Waals surface area contributed by atoms with Crippen molar-refractivity contribution in [1.82, 2.24) is 14.8 Å². The molecule has 0 fully saturated rings. The third-order valence-electron chi connectivity index (χ3n) is 3.23. The highest BCUT2D eigenvalue weighted by molar-refractivity contribution is 5.72. The Morgan fingerprint density at radius 1 is 1.33 bits per heavy atom. The van der Waals surface area contributed by atoms with E-state index in [-0.39, 0.29) is 5.92 Å². The van der Waals surface area contributed by atoms with Crippen LogP contribution in [-0.4, -0.2) is 37.1 Å². The van der Waals surface area contributed by atoms with E-state index in [1.54, 1.807) is 11.5 Å². The van der Waals surface area contributed by atoms with Gasteiger partial charge in [-0.3, -0.25) is 4.57 Å². The lowest BCUT2D eigenvalue weighted by molar-refractivity contribution is -0.144. The highest BCUT2D eigenvalue weighted by Crippen LogP contribution is 2.26. The van der Waals surface area contributed by atoms with Crippen molar-refractivity contribution in [1.29, 1.82) is 0 Å². The number of aromatic nitrogens is 3. The minimum Gasteiger partial charge on any atom is -0.480 e. The van der Waals surface area contributed by atoms with Crippen molar-refractivity contribution >= 4 is 5.97 Å². The van der Waals surface area contributed by atoms with Crippen molar-refractivity contribution in [2.75, 3.05) is 0 Å². The molecule has 18 heavy (non-hydrogen) atoms. The summed E-state index contributed by atoms with van der Waals surface area (Å²) >= 11 is 0. The van der Waals surface area contributed by atoms with Gasteiger partial charge in [-0.25, -0.2) is 4.79 Å². The Kier molecular flexibility index (Phi) is 4.84. The highest BCUT2D eigenvalue weighted by Gasteiger charge is 2.31. The molecular weight excluding hydrogens is 234 g/mol. The molecule has 1 heterocycles. The van der Waals surface area contributed by atoms with E-state index in [9.17, 15) is 15.0 Å². The molecule has 0 aromatic carbocycles. The second-order valence-corrected chi connectivity index (χ2v) is 4.51. The molecule has 2 atom stereocenters. The first-order valence-corrected chi connectivity index (χ1v) is 6.26. The first-order valence-electron chi connectivity index (χ1n) is 6.26. The zero-order valence-corrected chi connectivity index (χ0v) is 11.3. The standard InChI is InChI=1S/C12H21N3O3/c1-5-9(6-2)11-14-13-8(4)15(11)10(7(3)16)12(17)18/h7,9-10,16H,5-6H2,1-4H3,(H,17,18). The summed E-state index contributed by atoms with van der Waals surface area (Å²) in [5.74, 6) is 0.253. The van der Waals surface area contributed by atoms with Crippen molar-refractivity contribution in [3.63, 3.8) is 0 Å². The summed E-state index contributed by atoms with van der Waals surface area (Å²) in [6, 6.07) is -1.03. The van der Waals surface area contributed by atoms with Crippen molar-refractivity contribution in [3.8, 4) is 0 Å². The van der Waals surface area contributed by atoms with E-state index in [1.807, 2.05) is 13.8 Å². The van der Waals surface area contributed by atoms with Crippen LogP contribution in [0.15, 0.2) is 0 Å². The zero-order chi connectivity index (χ0) is 13.9. The molecule has 0 radical (unpaired) electrons. The minimum atomic E-state index is -1.07. The molecule has 6 heteroatoms. The maximum Gasteiger partial charge on any atom is 0.329 e. The second kappa shape index (κ2) is 5.95. The van der Waals surface area contributed by atoms with Gasteiger partial charge in [0.25, 0.3) is 0 Å². The van der Waals surface area contributed by atoms with Gasteiger partial charge < -0.3 is 10.2 Å². The number of hydrogen-bond acceptors (Lipinski definition) is 4. The van der Waals surface area contributed by atoms with Crippen molar-refractivity contribution in [3.05, 3.63) is 11.6 Å². The van der Waals surface area contributed by atoms with Crippen LogP contribution in [0.1, 0.15) is 57.2 Å². The van der Waals surface area contributed by atoms with Gasteiger partial charge in [0.1, 0.15) is 11.6 Å². The number of nitrogens with zero attached hydrogens (tertiary/aromatic N) is 3. The van der Waals surface area contributed by atoms with Crippen molar-refractivity contribution in [2.45, 2.75) is 58.6 Å². The molecular formula is C12H21N3O3. The van der Waals surface area contributed by atoms with Crippen LogP contribution in [0.5, 0.6) is 0 Å². The molecule has 0 bridgehead atoms. The van der Waals surface area contributed by atoms with E-state index >= 15 is 0 Å². The molecule has 0 saturated heterocycles. The molecule has 1 aromatic heterocycles. The Morgan fingerprint density at radius 2 is 1.89 bits per heavy atom. The van der Waals surface area contributed by atoms with Gasteiger partial charge in [-0.15, -0.1) is 10.2 Å². The van der Waals surface area contributed by atoms with Crippen LogP contribution in [0.4, 0.5) is 0 Å². The smallest absolute Gasteiger partial charge is 0.329 e. The number of aliphatic hydroxyl groups excluding tert-OH is 1. The first-order chi connectivity index (χ1) is 8.43. The molecule has 0 aliphatic heterocycles. The van der Waals surface area contributed by atoms with Crippen LogP contribution in [0.3, 0.4) is 0 Å². The summed E-state index contributed by atoms with van der Waals surface area (Å²) in [7, 11) is 0. The molecule has 2 N–H and O–H groups in total. The number of aliphatic hydroxyl groups is 1. The van der Waals surface area contributed by atoms with E-state index in [2.05, 4.69) is 10.2 Å². The monoisotopic (exact) mass is 255 g/mol. The van der Waals surface area contributed by atoms with Gasteiger partial charge in [-0.1, -0.05) is 13.8 Å². The van der Waals surface area contributed by atoms with E-state index in [0.717, 1.165) is 12.8 Å². The molecule has 2 unspecified atom stereocenters. The van der Waals surface area contributed by atoms with Gasteiger partial charge in [-0.05, 0) is 26.7 Å². The Balaban J connectivity index is 3.29. The quantitative estimate of drug-likeness (QED) is 0.804. The molecule has 0 amide bonds. The summed E-state index contributed by atoms with van der Waals surface area (Å²) in [5.41, 5.74) is 0. The predicted molar refractivity (Wildman–Crippen MR) is 66.4 cm³/mol. The van der Waals surface area contributed by atoms with Crippen LogP contribution >= 0.6 is 0 Å². The Labute approximate surface area is 107 Å². The average Bonchev–Trinajstić information content (AvgIpc) is 2.63. The van der Waals surface area contributed by atoms with Crippen LogP contribution in [0.2, 0.25) is 0 Å². The van der Waals surface area contributed by atoms with Gasteiger partial charge in [0.15, 0.2) is 6.04 Å². The van der Waals surface area contributed by atoms with E-state index in [4.69, 9.17) is 0 Å². The summed E-state index contributed by atoms with van der Waals surface area (Å²) in [6.45, 7) is 7.23. The van der Waals surface area contributed by atoms with Gasteiger partial charge >= 0.3 is 5.97 Å². The lowest BCUT2D eigenvalue weighted by Gasteiger charge is -2.22. The maximum atomic E-state index is 11.3. The molecule has 1 rings (SSSR count). The SMILES string of the molecule is CCC(CC)c1nnc(C)n1C(C(=O)O)C(C)O. The number of carbonyl (C=O) groups is 1. The largest absolute Gasteiger partial charge is 0.480 e. The normalized spacial score (nSPS) is 14.8. The fourth-order valence-corrected chi connectivity index (χ4v) is 2.19. The second-order valence-electron chi connectivity index (χ2n) is 4.51. The van der Waals surface area contributed by atoms with E-state index in [0.29, 0.717) is 11.6 Å². The predicted octanol–water partition coefficient (Wildman–Crippen LogP) is 1.50. The Bertz CT molecular complexity index is 411. The molecule has 0 spiro atoms. The van der Waals surface area contributed by atoms with Gasteiger partial charge in [-0.2, -0.15) is 0 Å². The fourth-order valence-electron chi connectivity index (χ4n) is 2.19. The highest BCUT2D eigenvalue weighted by atomic mass is 16.4. The number of aliphatic carboxylic acids is 1. The summed E-state index contributed by atoms with van der Waals surface area (Å²) < 4.78 is 1.55. The third-order valence-corrected chi connectivity index (χ3v) is 3.23. The van der Waals surface area contributed by atoms with E-state index in [1.165, 1.54) is 6.92 Å². The lowest BCUT2D eigenvalue weighted by Crippen LogP contribution is -2.31. The van der Waals surface area contributed by atoms with Crippen molar-refractivity contribution < 1.29 is 15.0 Å². The van der Waals surface area contributed by atoms with Gasteiger partial charge in [0.05, 0.1) is 6.10 Å². The van der Waals surface area contributed by atoms with Crippen LogP contribution < -0.4 is 0 Å². The van der Waals surface area contributed by atoms with E-state index < -0.39 is 18.1 Å². The average molecular weight is 255 g/mol. The Hall–Kier alpha value is -1.43. The maximum absolute atomic E-state index is 11.3. The molecule has 6 nitrogen and oxygen atoms in total. The minimum absolute atomic E-state index is 0.159. The number of aryl methyl sites for hydroxylation is 1. The number of carboxylic acid groups (broad SMARTS) is 1. The first kappa shape index (κ1) is 14.6. The molecule has 1 aromatic rings. The molecule has 0 aliphatic rings. The molecule has 102 valence electrons. The summed E-state index contributed by atoms with van der Waals surface area (Å²) in [6.07, 6.45) is 0.729. The molecule has 0 saturated carbocycles. The fraction of sp³-hybridized carbons (Fsp3) is 0.750. The topological polar surface area (TPSA) is 88.2 Å². The Morgan fingerprint density at radius 3 is 2.28 bits per heavy atom. The zero-order valence-electron chi connectivity index (χ0n) is 11.3. The third kappa shape index (κ3) is 2.69. The number of rotatable bonds is 6. The lowest BCUT2D eigenvalue weighted by atomic mass is 10.0. The van der Waals surface area contributed by atoms with Crippen LogP contribution in [-0.2, 0) is 4.79 Å². The molecule has 0 aliphatic carbocycles. The van der Waals surface area contributed by atoms with Crippen LogP contribution in [0.25, 0.3) is 0 Å². The van der Waals surface area contributed by atoms with Crippen molar-refractivity contribution in [2.24, 2.45) is 0 Å².